The van der Waals surface area contributed by atoms with Gasteiger partial charge in [-0.3, -0.25) is 9.89 Å². The van der Waals surface area contributed by atoms with Crippen molar-refractivity contribution >= 4 is 41.3 Å². The lowest BCUT2D eigenvalue weighted by molar-refractivity contribution is -0.140. The van der Waals surface area contributed by atoms with Gasteiger partial charge >= 0.3 is 6.18 Å². The topological polar surface area (TPSA) is 52.6 Å². The Kier molecular flexibility index (Phi) is 10.5. The van der Waals surface area contributed by atoms with Gasteiger partial charge in [-0.1, -0.05) is 37.1 Å². The van der Waals surface area contributed by atoms with E-state index < -0.39 is 11.9 Å². The van der Waals surface area contributed by atoms with E-state index >= 15 is 0 Å². The van der Waals surface area contributed by atoms with E-state index in [0.29, 0.717) is 17.5 Å². The van der Waals surface area contributed by atoms with Crippen molar-refractivity contribution in [1.29, 1.82) is 0 Å². The van der Waals surface area contributed by atoms with Crippen molar-refractivity contribution in [3.05, 3.63) is 51.5 Å². The lowest BCUT2D eigenvalue weighted by Gasteiger charge is -2.20. The van der Waals surface area contributed by atoms with E-state index in [4.69, 9.17) is 0 Å². The van der Waals surface area contributed by atoms with E-state index in [-0.39, 0.29) is 30.5 Å². The third-order valence-electron chi connectivity index (χ3n) is 5.06. The Bertz CT molecular complexity index is 815. The molecule has 0 atom stereocenters. The normalized spacial score (nSPS) is 15.8. The number of aliphatic imine (C=N–C) groups is 1. The first kappa shape index (κ1) is 25.9. The SMILES string of the molecule is CN=C(NCc1ccc(CN2CCCCCC2)cc1)NCc1nc(C(F)(F)F)cs1.I. The zero-order chi connectivity index (χ0) is 21.4. The molecule has 1 aromatic heterocycles. The first-order valence-corrected chi connectivity index (χ1v) is 11.1. The number of nitrogens with zero attached hydrogens (tertiary/aromatic N) is 3. The third-order valence-corrected chi connectivity index (χ3v) is 5.91. The van der Waals surface area contributed by atoms with Gasteiger partial charge in [0.05, 0.1) is 6.54 Å². The van der Waals surface area contributed by atoms with Crippen molar-refractivity contribution in [2.45, 2.75) is 51.5 Å². The van der Waals surface area contributed by atoms with Crippen LogP contribution in [0.15, 0.2) is 34.6 Å². The summed E-state index contributed by atoms with van der Waals surface area (Å²) in [5.74, 6) is 0.521. The first-order chi connectivity index (χ1) is 14.4. The van der Waals surface area contributed by atoms with Crippen molar-refractivity contribution in [1.82, 2.24) is 20.5 Å². The number of halogens is 4. The van der Waals surface area contributed by atoms with Gasteiger partial charge in [0.1, 0.15) is 5.01 Å². The van der Waals surface area contributed by atoms with E-state index in [9.17, 15) is 13.2 Å². The molecule has 1 aliphatic rings. The molecular formula is C21H29F3IN5S. The summed E-state index contributed by atoms with van der Waals surface area (Å²) < 4.78 is 37.9. The number of aromatic nitrogens is 1. The van der Waals surface area contributed by atoms with Crippen LogP contribution in [0.25, 0.3) is 0 Å². The molecule has 1 saturated heterocycles. The molecule has 0 saturated carbocycles. The van der Waals surface area contributed by atoms with Crippen LogP contribution in [0.1, 0.15) is 47.5 Å². The highest BCUT2D eigenvalue weighted by Gasteiger charge is 2.33. The van der Waals surface area contributed by atoms with Crippen LogP contribution in [0.5, 0.6) is 0 Å². The molecule has 0 spiro atoms. The van der Waals surface area contributed by atoms with Crippen LogP contribution in [0.3, 0.4) is 0 Å². The molecule has 2 N–H and O–H groups in total. The molecule has 1 aliphatic heterocycles. The molecule has 31 heavy (non-hydrogen) atoms. The van der Waals surface area contributed by atoms with Crippen molar-refractivity contribution < 1.29 is 13.2 Å². The number of likely N-dealkylation sites (tertiary alicyclic amines) is 1. The quantitative estimate of drug-likeness (QED) is 0.293. The molecular weight excluding hydrogens is 538 g/mol. The van der Waals surface area contributed by atoms with Gasteiger partial charge in [0.2, 0.25) is 0 Å². The first-order valence-electron chi connectivity index (χ1n) is 10.2. The molecule has 0 amide bonds. The van der Waals surface area contributed by atoms with Gasteiger partial charge in [-0.05, 0) is 37.1 Å². The Balaban J connectivity index is 0.00000341. The smallest absolute Gasteiger partial charge is 0.352 e. The van der Waals surface area contributed by atoms with E-state index in [1.807, 2.05) is 0 Å². The lowest BCUT2D eigenvalue weighted by atomic mass is 10.1. The average molecular weight is 567 g/mol. The molecule has 2 heterocycles. The fourth-order valence-electron chi connectivity index (χ4n) is 3.40. The van der Waals surface area contributed by atoms with Crippen molar-refractivity contribution in [2.75, 3.05) is 20.1 Å². The molecule has 0 aliphatic carbocycles. The number of hydrogen-bond donors (Lipinski definition) is 2. The summed E-state index contributed by atoms with van der Waals surface area (Å²) in [6, 6.07) is 8.52. The summed E-state index contributed by atoms with van der Waals surface area (Å²) in [6.45, 7) is 4.11. The van der Waals surface area contributed by atoms with Crippen molar-refractivity contribution in [3.63, 3.8) is 0 Å². The average Bonchev–Trinajstić information content (AvgIpc) is 3.07. The van der Waals surface area contributed by atoms with Crippen LogP contribution >= 0.6 is 35.3 Å². The predicted octanol–water partition coefficient (Wildman–Crippen LogP) is 5.02. The number of nitrogens with one attached hydrogen (secondary N) is 2. The second-order valence-corrected chi connectivity index (χ2v) is 8.35. The van der Waals surface area contributed by atoms with Crippen molar-refractivity contribution in [2.24, 2.45) is 4.99 Å². The fraction of sp³-hybridized carbons (Fsp3) is 0.524. The minimum Gasteiger partial charge on any atom is -0.352 e. The standard InChI is InChI=1S/C21H28F3N5S.HI/c1-25-20(27-13-19-28-18(15-30-19)21(22,23)24)26-12-16-6-8-17(9-7-16)14-29-10-4-2-3-5-11-29;/h6-9,15H,2-5,10-14H2,1H3,(H2,25,26,27);1H. The number of rotatable bonds is 6. The number of hydrogen-bond acceptors (Lipinski definition) is 4. The van der Waals surface area contributed by atoms with Crippen LogP contribution in [0.4, 0.5) is 13.2 Å². The molecule has 0 radical (unpaired) electrons. The van der Waals surface area contributed by atoms with Crippen LogP contribution in [-0.2, 0) is 25.8 Å². The molecule has 0 bridgehead atoms. The zero-order valence-corrected chi connectivity index (χ0v) is 20.7. The Hall–Kier alpha value is -1.40. The maximum Gasteiger partial charge on any atom is 0.434 e. The van der Waals surface area contributed by atoms with Gasteiger partial charge in [0.25, 0.3) is 0 Å². The van der Waals surface area contributed by atoms with E-state index in [2.05, 4.69) is 49.8 Å². The highest BCUT2D eigenvalue weighted by atomic mass is 127. The van der Waals surface area contributed by atoms with Crippen LogP contribution in [0.2, 0.25) is 0 Å². The third kappa shape index (κ3) is 8.57. The Labute approximate surface area is 202 Å². The van der Waals surface area contributed by atoms with Crippen LogP contribution in [0, 0.1) is 0 Å². The van der Waals surface area contributed by atoms with Gasteiger partial charge in [0, 0.05) is 25.5 Å². The fourth-order valence-corrected chi connectivity index (χ4v) is 4.14. The minimum absolute atomic E-state index is 0. The van der Waals surface area contributed by atoms with Crippen molar-refractivity contribution in [3.8, 4) is 0 Å². The van der Waals surface area contributed by atoms with Crippen LogP contribution in [-0.4, -0.2) is 36.0 Å². The Morgan fingerprint density at radius 1 is 1.03 bits per heavy atom. The second-order valence-electron chi connectivity index (χ2n) is 7.41. The molecule has 172 valence electrons. The summed E-state index contributed by atoms with van der Waals surface area (Å²) in [5.41, 5.74) is 1.58. The number of thiazole rings is 1. The van der Waals surface area contributed by atoms with E-state index in [1.165, 1.54) is 44.3 Å². The summed E-state index contributed by atoms with van der Waals surface area (Å²) >= 11 is 0.980. The number of benzene rings is 1. The summed E-state index contributed by atoms with van der Waals surface area (Å²) in [6.07, 6.45) is 0.832. The van der Waals surface area contributed by atoms with Gasteiger partial charge in [0.15, 0.2) is 11.7 Å². The van der Waals surface area contributed by atoms with Gasteiger partial charge in [-0.2, -0.15) is 13.2 Å². The largest absolute Gasteiger partial charge is 0.434 e. The van der Waals surface area contributed by atoms with E-state index in [0.717, 1.165) is 28.8 Å². The predicted molar refractivity (Wildman–Crippen MR) is 130 cm³/mol. The summed E-state index contributed by atoms with van der Waals surface area (Å²) in [4.78, 5) is 10.3. The second kappa shape index (κ2) is 12.6. The Morgan fingerprint density at radius 3 is 2.23 bits per heavy atom. The molecule has 10 heteroatoms. The molecule has 0 unspecified atom stereocenters. The van der Waals surface area contributed by atoms with E-state index in [1.54, 1.807) is 7.05 Å². The minimum atomic E-state index is -4.41. The maximum atomic E-state index is 12.6. The van der Waals surface area contributed by atoms with Gasteiger partial charge < -0.3 is 10.6 Å². The molecule has 1 aromatic carbocycles. The van der Waals surface area contributed by atoms with Gasteiger partial charge in [-0.15, -0.1) is 35.3 Å². The Morgan fingerprint density at radius 2 is 1.65 bits per heavy atom. The lowest BCUT2D eigenvalue weighted by Crippen LogP contribution is -2.36. The molecule has 2 aromatic rings. The number of alkyl halides is 3. The summed E-state index contributed by atoms with van der Waals surface area (Å²) in [5, 5.41) is 7.58. The number of guanidine groups is 1. The monoisotopic (exact) mass is 567 g/mol. The molecule has 1 fully saturated rings. The summed E-state index contributed by atoms with van der Waals surface area (Å²) in [7, 11) is 1.63. The van der Waals surface area contributed by atoms with Crippen LogP contribution < -0.4 is 10.6 Å². The highest BCUT2D eigenvalue weighted by molar-refractivity contribution is 14.0. The molecule has 3 rings (SSSR count). The maximum absolute atomic E-state index is 12.6. The highest BCUT2D eigenvalue weighted by Crippen LogP contribution is 2.29. The van der Waals surface area contributed by atoms with Gasteiger partial charge in [-0.25, -0.2) is 4.98 Å². The zero-order valence-electron chi connectivity index (χ0n) is 17.5. The molecule has 5 nitrogen and oxygen atoms in total.